The van der Waals surface area contributed by atoms with Crippen molar-refractivity contribution in [1.82, 2.24) is 0 Å². The van der Waals surface area contributed by atoms with Crippen LogP contribution in [0.25, 0.3) is 0 Å². The van der Waals surface area contributed by atoms with Gasteiger partial charge in [0.05, 0.1) is 12.7 Å². The van der Waals surface area contributed by atoms with E-state index in [1.165, 1.54) is 0 Å². The van der Waals surface area contributed by atoms with Crippen molar-refractivity contribution in [3.63, 3.8) is 0 Å². The van der Waals surface area contributed by atoms with Crippen LogP contribution in [-0.2, 0) is 6.54 Å². The molecule has 19 heavy (non-hydrogen) atoms. The number of methoxy groups -OCH3 is 1. The maximum Gasteiger partial charge on any atom is 0.165 e. The lowest BCUT2D eigenvalue weighted by molar-refractivity contribution is 0.000460. The van der Waals surface area contributed by atoms with Crippen LogP contribution in [0.5, 0.6) is 11.5 Å². The minimum atomic E-state index is -0.726. The third-order valence-electron chi connectivity index (χ3n) is 3.56. The number of hydrogen-bond donors (Lipinski definition) is 2. The van der Waals surface area contributed by atoms with Crippen molar-refractivity contribution in [2.75, 3.05) is 13.7 Å². The molecule has 0 amide bonds. The molecule has 0 saturated heterocycles. The van der Waals surface area contributed by atoms with Crippen LogP contribution in [0.1, 0.15) is 31.2 Å². The van der Waals surface area contributed by atoms with E-state index >= 15 is 0 Å². The van der Waals surface area contributed by atoms with Crippen molar-refractivity contribution in [1.29, 1.82) is 0 Å². The Balaban J connectivity index is 2.18. The van der Waals surface area contributed by atoms with Gasteiger partial charge in [-0.2, -0.15) is 0 Å². The highest BCUT2D eigenvalue weighted by Crippen LogP contribution is 2.37. The Kier molecular flexibility index (Phi) is 4.55. The van der Waals surface area contributed by atoms with E-state index in [1.54, 1.807) is 19.2 Å². The Bertz CT molecular complexity index is 419. The minimum absolute atomic E-state index is 0.262. The molecule has 5 heteroatoms. The second-order valence-corrected chi connectivity index (χ2v) is 5.46. The van der Waals surface area contributed by atoms with Gasteiger partial charge in [-0.15, -0.1) is 0 Å². The first-order chi connectivity index (χ1) is 9.08. The molecule has 0 atom stereocenters. The predicted molar refractivity (Wildman–Crippen MR) is 74.8 cm³/mol. The highest BCUT2D eigenvalue weighted by atomic mass is 35.5. The molecular weight excluding hydrogens is 266 g/mol. The zero-order valence-electron chi connectivity index (χ0n) is 11.1. The zero-order valence-corrected chi connectivity index (χ0v) is 11.9. The smallest absolute Gasteiger partial charge is 0.165 e. The van der Waals surface area contributed by atoms with Gasteiger partial charge in [0, 0.05) is 23.2 Å². The normalized spacial score (nSPS) is 17.5. The first-order valence-corrected chi connectivity index (χ1v) is 6.87. The van der Waals surface area contributed by atoms with Gasteiger partial charge in [0.25, 0.3) is 0 Å². The summed E-state index contributed by atoms with van der Waals surface area (Å²) < 4.78 is 11.0. The Hall–Kier alpha value is -0.970. The molecule has 1 aromatic rings. The molecule has 1 aromatic carbocycles. The maximum absolute atomic E-state index is 10.3. The fourth-order valence-corrected chi connectivity index (χ4v) is 2.70. The molecule has 1 aliphatic rings. The van der Waals surface area contributed by atoms with Gasteiger partial charge >= 0.3 is 0 Å². The summed E-state index contributed by atoms with van der Waals surface area (Å²) in [7, 11) is 1.56. The number of halogens is 1. The van der Waals surface area contributed by atoms with E-state index in [-0.39, 0.29) is 6.61 Å². The first kappa shape index (κ1) is 14.4. The van der Waals surface area contributed by atoms with Gasteiger partial charge in [-0.05, 0) is 18.9 Å². The van der Waals surface area contributed by atoms with E-state index in [0.717, 1.165) is 31.2 Å². The molecule has 1 aliphatic carbocycles. The molecule has 1 fully saturated rings. The summed E-state index contributed by atoms with van der Waals surface area (Å²) in [5.41, 5.74) is 5.76. The molecular formula is C14H20ClNO3. The third-order valence-corrected chi connectivity index (χ3v) is 3.77. The van der Waals surface area contributed by atoms with Crippen LogP contribution in [0.4, 0.5) is 0 Å². The summed E-state index contributed by atoms with van der Waals surface area (Å²) in [6.07, 6.45) is 3.64. The third kappa shape index (κ3) is 3.32. The maximum atomic E-state index is 10.3. The Morgan fingerprint density at radius 1 is 1.37 bits per heavy atom. The van der Waals surface area contributed by atoms with Gasteiger partial charge < -0.3 is 20.3 Å². The van der Waals surface area contributed by atoms with Crippen LogP contribution in [-0.4, -0.2) is 24.4 Å². The number of benzene rings is 1. The summed E-state index contributed by atoms with van der Waals surface area (Å²) in [4.78, 5) is 0. The molecule has 0 spiro atoms. The average molecular weight is 286 g/mol. The first-order valence-electron chi connectivity index (χ1n) is 6.49. The van der Waals surface area contributed by atoms with Crippen LogP contribution >= 0.6 is 11.6 Å². The standard InChI is InChI=1S/C14H20ClNO3/c1-18-12-7-11(15)6-10(8-16)13(12)19-9-14(17)4-2-3-5-14/h6-7,17H,2-5,8-9,16H2,1H3. The number of nitrogens with two attached hydrogens (primary N) is 1. The van der Waals surface area contributed by atoms with Crippen molar-refractivity contribution >= 4 is 11.6 Å². The summed E-state index contributed by atoms with van der Waals surface area (Å²) in [6.45, 7) is 0.572. The van der Waals surface area contributed by atoms with E-state index in [1.807, 2.05) is 0 Å². The fourth-order valence-electron chi connectivity index (χ4n) is 2.47. The molecule has 0 heterocycles. The van der Waals surface area contributed by atoms with Gasteiger partial charge in [-0.3, -0.25) is 0 Å². The summed E-state index contributed by atoms with van der Waals surface area (Å²) in [6, 6.07) is 3.45. The van der Waals surface area contributed by atoms with E-state index in [4.69, 9.17) is 26.8 Å². The molecule has 106 valence electrons. The number of aliphatic hydroxyl groups is 1. The Morgan fingerprint density at radius 2 is 2.05 bits per heavy atom. The highest BCUT2D eigenvalue weighted by molar-refractivity contribution is 6.30. The van der Waals surface area contributed by atoms with Gasteiger partial charge in [-0.1, -0.05) is 24.4 Å². The lowest BCUT2D eigenvalue weighted by Crippen LogP contribution is -2.32. The summed E-state index contributed by atoms with van der Waals surface area (Å²) in [5.74, 6) is 1.13. The summed E-state index contributed by atoms with van der Waals surface area (Å²) in [5, 5.41) is 10.9. The Labute approximate surface area is 118 Å². The molecule has 4 nitrogen and oxygen atoms in total. The van der Waals surface area contributed by atoms with Crippen LogP contribution < -0.4 is 15.2 Å². The topological polar surface area (TPSA) is 64.7 Å². The molecule has 3 N–H and O–H groups in total. The van der Waals surface area contributed by atoms with Crippen LogP contribution in [0.3, 0.4) is 0 Å². The van der Waals surface area contributed by atoms with E-state index in [9.17, 15) is 5.11 Å². The van der Waals surface area contributed by atoms with E-state index in [0.29, 0.717) is 23.1 Å². The number of hydrogen-bond acceptors (Lipinski definition) is 4. The second kappa shape index (κ2) is 5.99. The molecule has 2 rings (SSSR count). The van der Waals surface area contributed by atoms with Gasteiger partial charge in [0.15, 0.2) is 11.5 Å². The largest absolute Gasteiger partial charge is 0.493 e. The molecule has 0 aliphatic heterocycles. The van der Waals surface area contributed by atoms with Crippen LogP contribution in [0.15, 0.2) is 12.1 Å². The predicted octanol–water partition coefficient (Wildman–Crippen LogP) is 2.49. The van der Waals surface area contributed by atoms with Gasteiger partial charge in [0.1, 0.15) is 6.61 Å². The molecule has 0 unspecified atom stereocenters. The van der Waals surface area contributed by atoms with E-state index in [2.05, 4.69) is 0 Å². The molecule has 0 aromatic heterocycles. The zero-order chi connectivity index (χ0) is 13.9. The molecule has 0 bridgehead atoms. The lowest BCUT2D eigenvalue weighted by Gasteiger charge is -2.24. The fraction of sp³-hybridized carbons (Fsp3) is 0.571. The quantitative estimate of drug-likeness (QED) is 0.872. The molecule has 1 saturated carbocycles. The average Bonchev–Trinajstić information content (AvgIpc) is 2.83. The number of ether oxygens (including phenoxy) is 2. The van der Waals surface area contributed by atoms with Crippen molar-refractivity contribution in [2.45, 2.75) is 37.8 Å². The Morgan fingerprint density at radius 3 is 2.63 bits per heavy atom. The van der Waals surface area contributed by atoms with Gasteiger partial charge in [-0.25, -0.2) is 0 Å². The lowest BCUT2D eigenvalue weighted by atomic mass is 10.0. The minimum Gasteiger partial charge on any atom is -0.493 e. The van der Waals surface area contributed by atoms with Crippen molar-refractivity contribution < 1.29 is 14.6 Å². The van der Waals surface area contributed by atoms with Crippen LogP contribution in [0.2, 0.25) is 5.02 Å². The monoisotopic (exact) mass is 285 g/mol. The number of rotatable bonds is 5. The second-order valence-electron chi connectivity index (χ2n) is 5.02. The van der Waals surface area contributed by atoms with Crippen molar-refractivity contribution in [3.8, 4) is 11.5 Å². The highest BCUT2D eigenvalue weighted by Gasteiger charge is 2.32. The van der Waals surface area contributed by atoms with Gasteiger partial charge in [0.2, 0.25) is 0 Å². The van der Waals surface area contributed by atoms with Crippen molar-refractivity contribution in [3.05, 3.63) is 22.7 Å². The molecule has 0 radical (unpaired) electrons. The van der Waals surface area contributed by atoms with Crippen LogP contribution in [0, 0.1) is 0 Å². The van der Waals surface area contributed by atoms with E-state index < -0.39 is 5.60 Å². The summed E-state index contributed by atoms with van der Waals surface area (Å²) >= 11 is 5.99. The SMILES string of the molecule is COc1cc(Cl)cc(CN)c1OCC1(O)CCCC1. The van der Waals surface area contributed by atoms with Crippen molar-refractivity contribution in [2.24, 2.45) is 5.73 Å².